The molecule has 2 rings (SSSR count). The van der Waals surface area contributed by atoms with E-state index in [-0.39, 0.29) is 21.9 Å². The Kier molecular flexibility index (Phi) is 4.04. The van der Waals surface area contributed by atoms with Gasteiger partial charge >= 0.3 is 11.6 Å². The molecule has 0 bridgehead atoms. The highest BCUT2D eigenvalue weighted by molar-refractivity contribution is 6.42. The molecule has 9 heteroatoms. The number of nitro groups is 1. The van der Waals surface area contributed by atoms with E-state index in [2.05, 4.69) is 9.97 Å². The van der Waals surface area contributed by atoms with Gasteiger partial charge in [0.1, 0.15) is 11.9 Å². The van der Waals surface area contributed by atoms with Gasteiger partial charge in [-0.05, 0) is 23.7 Å². The molecule has 0 unspecified atom stereocenters. The molecule has 0 aliphatic rings. The van der Waals surface area contributed by atoms with E-state index in [9.17, 15) is 10.1 Å². The molecule has 0 fully saturated rings. The number of ether oxygens (including phenoxy) is 1. The predicted molar refractivity (Wildman–Crippen MR) is 70.2 cm³/mol. The molecular weight excluding hydrogens is 316 g/mol. The Labute approximate surface area is 122 Å². The molecule has 0 aliphatic heterocycles. The molecular formula is C10H4Cl3N3O3. The Hall–Kier alpha value is -1.63. The number of halogens is 3. The molecule has 1 aromatic heterocycles. The van der Waals surface area contributed by atoms with E-state index in [0.29, 0.717) is 5.02 Å². The zero-order valence-corrected chi connectivity index (χ0v) is 11.3. The monoisotopic (exact) mass is 319 g/mol. The molecule has 98 valence electrons. The molecule has 0 radical (unpaired) electrons. The molecule has 19 heavy (non-hydrogen) atoms. The molecule has 0 saturated carbocycles. The van der Waals surface area contributed by atoms with Crippen LogP contribution in [-0.4, -0.2) is 14.9 Å². The third-order valence-electron chi connectivity index (χ3n) is 2.01. The van der Waals surface area contributed by atoms with Crippen molar-refractivity contribution in [3.63, 3.8) is 0 Å². The Morgan fingerprint density at radius 3 is 2.58 bits per heavy atom. The van der Waals surface area contributed by atoms with Crippen LogP contribution in [0, 0.1) is 10.1 Å². The van der Waals surface area contributed by atoms with Crippen LogP contribution in [0.5, 0.6) is 11.6 Å². The predicted octanol–water partition coefficient (Wildman–Crippen LogP) is 4.14. The Morgan fingerprint density at radius 2 is 1.95 bits per heavy atom. The molecule has 2 aromatic rings. The second-order valence-electron chi connectivity index (χ2n) is 3.26. The van der Waals surface area contributed by atoms with Gasteiger partial charge in [0.05, 0.1) is 15.0 Å². The summed E-state index contributed by atoms with van der Waals surface area (Å²) in [6.07, 6.45) is 0.961. The first-order valence-electron chi connectivity index (χ1n) is 4.77. The minimum Gasteiger partial charge on any atom is -0.434 e. The summed E-state index contributed by atoms with van der Waals surface area (Å²) in [6, 6.07) is 4.39. The highest BCUT2D eigenvalue weighted by atomic mass is 35.5. The standard InChI is InChI=1S/C10H4Cl3N3O3/c11-6-2-1-5(3-7(6)12)19-9-8(16(17)18)4-14-10(13)15-9/h1-4H. The number of rotatable bonds is 3. The lowest BCUT2D eigenvalue weighted by molar-refractivity contribution is -0.386. The largest absolute Gasteiger partial charge is 0.434 e. The second kappa shape index (κ2) is 5.56. The van der Waals surface area contributed by atoms with Gasteiger partial charge < -0.3 is 4.74 Å². The van der Waals surface area contributed by atoms with E-state index in [4.69, 9.17) is 39.5 Å². The van der Waals surface area contributed by atoms with Crippen LogP contribution in [0.3, 0.4) is 0 Å². The third kappa shape index (κ3) is 3.23. The summed E-state index contributed by atoms with van der Waals surface area (Å²) >= 11 is 17.1. The normalized spacial score (nSPS) is 10.3. The van der Waals surface area contributed by atoms with Crippen LogP contribution >= 0.6 is 34.8 Å². The number of benzene rings is 1. The Morgan fingerprint density at radius 1 is 1.21 bits per heavy atom. The van der Waals surface area contributed by atoms with Crippen LogP contribution in [0.25, 0.3) is 0 Å². The number of aromatic nitrogens is 2. The topological polar surface area (TPSA) is 78.2 Å². The number of nitrogens with zero attached hydrogens (tertiary/aromatic N) is 3. The van der Waals surface area contributed by atoms with Gasteiger partial charge in [0.25, 0.3) is 0 Å². The van der Waals surface area contributed by atoms with Gasteiger partial charge in [-0.25, -0.2) is 4.98 Å². The molecule has 1 heterocycles. The van der Waals surface area contributed by atoms with Crippen molar-refractivity contribution in [3.8, 4) is 11.6 Å². The fraction of sp³-hybridized carbons (Fsp3) is 0. The van der Waals surface area contributed by atoms with Gasteiger partial charge in [0.15, 0.2) is 0 Å². The SMILES string of the molecule is O=[N+]([O-])c1cnc(Cl)nc1Oc1ccc(Cl)c(Cl)c1. The zero-order chi connectivity index (χ0) is 14.0. The molecule has 0 spiro atoms. The van der Waals surface area contributed by atoms with E-state index in [1.165, 1.54) is 18.2 Å². The van der Waals surface area contributed by atoms with Crippen molar-refractivity contribution in [2.75, 3.05) is 0 Å². The second-order valence-corrected chi connectivity index (χ2v) is 4.42. The summed E-state index contributed by atoms with van der Waals surface area (Å²) in [7, 11) is 0. The van der Waals surface area contributed by atoms with Gasteiger partial charge in [0, 0.05) is 6.07 Å². The van der Waals surface area contributed by atoms with Crippen LogP contribution < -0.4 is 4.74 Å². The van der Waals surface area contributed by atoms with E-state index in [1.807, 2.05) is 0 Å². The van der Waals surface area contributed by atoms with E-state index >= 15 is 0 Å². The van der Waals surface area contributed by atoms with Crippen molar-refractivity contribution in [3.05, 3.63) is 49.8 Å². The maximum atomic E-state index is 10.8. The minimum absolute atomic E-state index is 0.166. The van der Waals surface area contributed by atoms with Crippen molar-refractivity contribution >= 4 is 40.5 Å². The summed E-state index contributed by atoms with van der Waals surface area (Å²) in [4.78, 5) is 17.3. The van der Waals surface area contributed by atoms with Crippen LogP contribution in [0.15, 0.2) is 24.4 Å². The lowest BCUT2D eigenvalue weighted by atomic mass is 10.3. The molecule has 0 atom stereocenters. The van der Waals surface area contributed by atoms with Crippen molar-refractivity contribution in [1.29, 1.82) is 0 Å². The number of hydrogen-bond donors (Lipinski definition) is 0. The van der Waals surface area contributed by atoms with Gasteiger partial charge in [-0.3, -0.25) is 10.1 Å². The smallest absolute Gasteiger partial charge is 0.349 e. The van der Waals surface area contributed by atoms with Crippen molar-refractivity contribution in [2.24, 2.45) is 0 Å². The number of hydrogen-bond acceptors (Lipinski definition) is 5. The van der Waals surface area contributed by atoms with Gasteiger partial charge in [-0.2, -0.15) is 4.98 Å². The average molecular weight is 321 g/mol. The summed E-state index contributed by atoms with van der Waals surface area (Å²) in [5.41, 5.74) is -0.407. The van der Waals surface area contributed by atoms with Crippen molar-refractivity contribution < 1.29 is 9.66 Å². The summed E-state index contributed by atoms with van der Waals surface area (Å²) in [5.74, 6) is -0.0318. The first-order chi connectivity index (χ1) is 8.97. The molecule has 6 nitrogen and oxygen atoms in total. The van der Waals surface area contributed by atoms with Crippen molar-refractivity contribution in [2.45, 2.75) is 0 Å². The van der Waals surface area contributed by atoms with Crippen LogP contribution in [0.1, 0.15) is 0 Å². The maximum absolute atomic E-state index is 10.8. The highest BCUT2D eigenvalue weighted by Gasteiger charge is 2.19. The summed E-state index contributed by atoms with van der Waals surface area (Å²) < 4.78 is 5.27. The maximum Gasteiger partial charge on any atom is 0.349 e. The summed E-state index contributed by atoms with van der Waals surface area (Å²) in [5, 5.41) is 11.2. The first-order valence-corrected chi connectivity index (χ1v) is 5.90. The zero-order valence-electron chi connectivity index (χ0n) is 9.01. The van der Waals surface area contributed by atoms with Crippen LogP contribution in [0.2, 0.25) is 15.3 Å². The van der Waals surface area contributed by atoms with Crippen LogP contribution in [0.4, 0.5) is 5.69 Å². The van der Waals surface area contributed by atoms with Gasteiger partial charge in [0.2, 0.25) is 5.28 Å². The molecule has 1 aromatic carbocycles. The van der Waals surface area contributed by atoms with E-state index in [0.717, 1.165) is 6.20 Å². The van der Waals surface area contributed by atoms with Crippen LogP contribution in [-0.2, 0) is 0 Å². The summed E-state index contributed by atoms with van der Waals surface area (Å²) in [6.45, 7) is 0. The Balaban J connectivity index is 2.39. The lowest BCUT2D eigenvalue weighted by Crippen LogP contribution is -1.97. The van der Waals surface area contributed by atoms with Crippen molar-refractivity contribution in [1.82, 2.24) is 9.97 Å². The lowest BCUT2D eigenvalue weighted by Gasteiger charge is -2.06. The van der Waals surface area contributed by atoms with Gasteiger partial charge in [-0.1, -0.05) is 23.2 Å². The fourth-order valence-corrected chi connectivity index (χ4v) is 1.61. The molecule has 0 N–H and O–H groups in total. The quantitative estimate of drug-likeness (QED) is 0.482. The molecule has 0 saturated heterocycles. The average Bonchev–Trinajstić information content (AvgIpc) is 2.33. The molecule has 0 aliphatic carbocycles. The van der Waals surface area contributed by atoms with Gasteiger partial charge in [-0.15, -0.1) is 0 Å². The minimum atomic E-state index is -0.677. The molecule has 0 amide bonds. The van der Waals surface area contributed by atoms with E-state index < -0.39 is 10.6 Å². The van der Waals surface area contributed by atoms with E-state index in [1.54, 1.807) is 0 Å². The Bertz CT molecular complexity index is 651. The highest BCUT2D eigenvalue weighted by Crippen LogP contribution is 2.32. The first kappa shape index (κ1) is 13.8. The third-order valence-corrected chi connectivity index (χ3v) is 2.93. The fourth-order valence-electron chi connectivity index (χ4n) is 1.19.